The number of rotatable bonds is 3. The van der Waals surface area contributed by atoms with Gasteiger partial charge < -0.3 is 20.1 Å². The lowest BCUT2D eigenvalue weighted by molar-refractivity contribution is -0.138. The summed E-state index contributed by atoms with van der Waals surface area (Å²) in [6, 6.07) is -0.456. The fraction of sp³-hybridized carbons (Fsp3) is 0.471. The number of hydrogen-bond acceptors (Lipinski definition) is 5. The summed E-state index contributed by atoms with van der Waals surface area (Å²) in [5.74, 6) is -3.16. The van der Waals surface area contributed by atoms with E-state index in [1.54, 1.807) is 6.92 Å². The molecule has 1 saturated heterocycles. The van der Waals surface area contributed by atoms with Crippen LogP contribution in [0, 0.1) is 5.82 Å². The number of carboxylic acid groups (broad SMARTS) is 1. The average molecular weight is 435 g/mol. The lowest BCUT2D eigenvalue weighted by atomic mass is 10.0. The molecule has 2 aromatic heterocycles. The fourth-order valence-electron chi connectivity index (χ4n) is 3.30. The molecule has 2 N–H and O–H groups in total. The molecule has 0 aliphatic carbocycles. The van der Waals surface area contributed by atoms with Gasteiger partial charge in [-0.15, -0.1) is 11.3 Å². The van der Waals surface area contributed by atoms with Crippen LogP contribution in [0.1, 0.15) is 35.7 Å². The first-order chi connectivity index (χ1) is 13.5. The minimum absolute atomic E-state index is 0.0963. The van der Waals surface area contributed by atoms with Gasteiger partial charge in [-0.3, -0.25) is 4.79 Å². The topological polar surface area (TPSA) is 91.8 Å². The molecule has 7 nitrogen and oxygen atoms in total. The summed E-state index contributed by atoms with van der Waals surface area (Å²) >= 11 is 0.573. The van der Waals surface area contributed by atoms with Crippen molar-refractivity contribution in [3.05, 3.63) is 22.3 Å². The number of alkyl halides is 3. The maximum atomic E-state index is 14.7. The van der Waals surface area contributed by atoms with Gasteiger partial charge in [0.1, 0.15) is 11.7 Å². The third-order valence-corrected chi connectivity index (χ3v) is 5.71. The molecule has 2 amide bonds. The largest absolute Gasteiger partial charge is 0.472 e. The van der Waals surface area contributed by atoms with Crippen LogP contribution in [-0.4, -0.2) is 52.7 Å². The zero-order valence-corrected chi connectivity index (χ0v) is 16.2. The van der Waals surface area contributed by atoms with Gasteiger partial charge in [0.25, 0.3) is 11.8 Å². The number of nitrogens with zero attached hydrogens (tertiary/aromatic N) is 2. The van der Waals surface area contributed by atoms with Crippen LogP contribution < -0.4 is 10.1 Å². The van der Waals surface area contributed by atoms with Gasteiger partial charge in [-0.1, -0.05) is 0 Å². The number of hydrogen-bond donors (Lipinski definition) is 2. The summed E-state index contributed by atoms with van der Waals surface area (Å²) in [7, 11) is 1.31. The molecular weight excluding hydrogens is 418 g/mol. The minimum atomic E-state index is -5.02. The van der Waals surface area contributed by atoms with Gasteiger partial charge in [-0.05, 0) is 6.92 Å². The van der Waals surface area contributed by atoms with E-state index in [1.807, 2.05) is 0 Å². The van der Waals surface area contributed by atoms with E-state index in [0.29, 0.717) is 11.3 Å². The van der Waals surface area contributed by atoms with Crippen molar-refractivity contribution in [1.29, 1.82) is 0 Å². The lowest BCUT2D eigenvalue weighted by Gasteiger charge is -2.35. The van der Waals surface area contributed by atoms with E-state index in [9.17, 15) is 27.2 Å². The molecule has 1 aliphatic heterocycles. The number of carbonyl (C=O) groups excluding carboxylic acids is 1. The Bertz CT molecular complexity index is 962. The molecule has 2 aromatic rings. The molecule has 12 heteroatoms. The summed E-state index contributed by atoms with van der Waals surface area (Å²) < 4.78 is 60.3. The Labute approximate surface area is 166 Å². The molecule has 0 spiro atoms. The second-order valence-electron chi connectivity index (χ2n) is 6.60. The highest BCUT2D eigenvalue weighted by Crippen LogP contribution is 2.42. The van der Waals surface area contributed by atoms with E-state index < -0.39 is 52.3 Å². The molecule has 3 rings (SSSR count). The van der Waals surface area contributed by atoms with Crippen LogP contribution in [0.25, 0.3) is 10.2 Å². The van der Waals surface area contributed by atoms with Crippen molar-refractivity contribution in [2.75, 3.05) is 13.6 Å². The molecule has 0 radical (unpaired) electrons. The average Bonchev–Trinajstić information content (AvgIpc) is 3.03. The van der Waals surface area contributed by atoms with Crippen molar-refractivity contribution in [2.24, 2.45) is 0 Å². The Hall–Kier alpha value is -2.63. The maximum absolute atomic E-state index is 14.7. The van der Waals surface area contributed by atoms with Gasteiger partial charge in [0, 0.05) is 37.9 Å². The second kappa shape index (κ2) is 7.65. The monoisotopic (exact) mass is 435 g/mol. The van der Waals surface area contributed by atoms with Crippen molar-refractivity contribution in [1.82, 2.24) is 15.2 Å². The van der Waals surface area contributed by atoms with Gasteiger partial charge in [0.05, 0.1) is 15.8 Å². The number of halogens is 4. The number of likely N-dealkylation sites (tertiary alicyclic amines) is 1. The molecule has 2 atom stereocenters. The van der Waals surface area contributed by atoms with Gasteiger partial charge in [-0.25, -0.2) is 14.2 Å². The highest BCUT2D eigenvalue weighted by Gasteiger charge is 2.41. The Morgan fingerprint density at radius 1 is 1.41 bits per heavy atom. The molecule has 0 aromatic carbocycles. The number of pyridine rings is 1. The summed E-state index contributed by atoms with van der Waals surface area (Å²) in [4.78, 5) is 28.1. The van der Waals surface area contributed by atoms with Crippen LogP contribution in [0.3, 0.4) is 0 Å². The van der Waals surface area contributed by atoms with Crippen molar-refractivity contribution >= 4 is 33.6 Å². The number of aromatic nitrogens is 1. The lowest BCUT2D eigenvalue weighted by Crippen LogP contribution is -2.46. The zero-order valence-electron chi connectivity index (χ0n) is 15.3. The van der Waals surface area contributed by atoms with Gasteiger partial charge in [0.2, 0.25) is 0 Å². The van der Waals surface area contributed by atoms with Crippen molar-refractivity contribution in [2.45, 2.75) is 38.1 Å². The van der Waals surface area contributed by atoms with Crippen LogP contribution >= 0.6 is 11.3 Å². The van der Waals surface area contributed by atoms with Gasteiger partial charge in [0.15, 0.2) is 5.82 Å². The molecule has 0 bridgehead atoms. The first-order valence-electron chi connectivity index (χ1n) is 8.60. The number of ether oxygens (including phenoxy) is 1. The van der Waals surface area contributed by atoms with E-state index in [1.165, 1.54) is 17.3 Å². The Kier molecular flexibility index (Phi) is 5.57. The Balaban J connectivity index is 2.03. The van der Waals surface area contributed by atoms with E-state index in [-0.39, 0.29) is 30.5 Å². The first kappa shape index (κ1) is 21.1. The van der Waals surface area contributed by atoms with Gasteiger partial charge >= 0.3 is 12.3 Å². The number of nitrogens with one attached hydrogen (secondary N) is 1. The van der Waals surface area contributed by atoms with Crippen LogP contribution in [-0.2, 0) is 6.18 Å². The highest BCUT2D eigenvalue weighted by molar-refractivity contribution is 7.17. The summed E-state index contributed by atoms with van der Waals surface area (Å²) in [5, 5.41) is 12.6. The maximum Gasteiger partial charge on any atom is 0.420 e. The zero-order chi connectivity index (χ0) is 21.5. The van der Waals surface area contributed by atoms with Crippen LogP contribution in [0.15, 0.2) is 5.38 Å². The van der Waals surface area contributed by atoms with Gasteiger partial charge in [-0.2, -0.15) is 13.2 Å². The normalized spacial score (nSPS) is 20.0. The van der Waals surface area contributed by atoms with Crippen molar-refractivity contribution in [3.63, 3.8) is 0 Å². The molecule has 3 heterocycles. The predicted molar refractivity (Wildman–Crippen MR) is 95.8 cm³/mol. The Morgan fingerprint density at radius 3 is 2.66 bits per heavy atom. The van der Waals surface area contributed by atoms with E-state index in [4.69, 9.17) is 9.84 Å². The number of piperidine rings is 1. The van der Waals surface area contributed by atoms with E-state index in [0.717, 1.165) is 0 Å². The molecule has 158 valence electrons. The highest BCUT2D eigenvalue weighted by atomic mass is 32.1. The smallest absolute Gasteiger partial charge is 0.420 e. The van der Waals surface area contributed by atoms with E-state index >= 15 is 0 Å². The third kappa shape index (κ3) is 3.93. The Morgan fingerprint density at radius 2 is 2.10 bits per heavy atom. The van der Waals surface area contributed by atoms with Crippen LogP contribution in [0.4, 0.5) is 22.4 Å². The number of thiophene rings is 1. The first-order valence-corrected chi connectivity index (χ1v) is 9.48. The number of amides is 2. The van der Waals surface area contributed by atoms with E-state index in [2.05, 4.69) is 10.3 Å². The second-order valence-corrected chi connectivity index (χ2v) is 7.48. The van der Waals surface area contributed by atoms with Crippen molar-refractivity contribution in [3.8, 4) is 5.88 Å². The number of carbonyl (C=O) groups is 2. The predicted octanol–water partition coefficient (Wildman–Crippen LogP) is 3.72. The third-order valence-electron chi connectivity index (χ3n) is 4.72. The molecule has 1 fully saturated rings. The summed E-state index contributed by atoms with van der Waals surface area (Å²) in [6.45, 7) is 1.72. The molecule has 29 heavy (non-hydrogen) atoms. The molecule has 0 saturated carbocycles. The quantitative estimate of drug-likeness (QED) is 0.717. The standard InChI is InChI=1S/C17H17F4N3O4S/c1-7-5-8(3-4-24(7)16(26)27)28-15-11(18)10(17(19,20)21)13-12(23-15)9(6-29-13)14(25)22-2/h6-8H,3-5H2,1-2H3,(H,22,25)(H,26,27)/t7-,8-/m1/s1. The molecular formula is C17H17F4N3O4S. The summed E-state index contributed by atoms with van der Waals surface area (Å²) in [5.41, 5.74) is -1.94. The SMILES string of the molecule is CNC(=O)c1csc2c(C(F)(F)F)c(F)c(O[C@@H]3CCN(C(=O)O)[C@H](C)C3)nc12. The fourth-order valence-corrected chi connectivity index (χ4v) is 4.35. The van der Waals surface area contributed by atoms with Crippen LogP contribution in [0.2, 0.25) is 0 Å². The minimum Gasteiger partial charge on any atom is -0.472 e. The van der Waals surface area contributed by atoms with Crippen molar-refractivity contribution < 1.29 is 37.0 Å². The molecule has 0 unspecified atom stereocenters. The summed E-state index contributed by atoms with van der Waals surface area (Å²) in [6.07, 6.45) is -6.52. The number of fused-ring (bicyclic) bond motifs is 1. The van der Waals surface area contributed by atoms with Crippen LogP contribution in [0.5, 0.6) is 5.88 Å². The molecule has 1 aliphatic rings.